The molecule has 0 saturated heterocycles. The molecule has 0 saturated carbocycles. The standard InChI is InChI=1S/C12H12N6/c1-8-3-2-4-9(18-8)5-13-11-10-12(15-6-14-10)17-7-16-11/h2-4,6-7H,5H2,1H3,(H2,13,14,15,16,17). The highest BCUT2D eigenvalue weighted by Crippen LogP contribution is 2.14. The van der Waals surface area contributed by atoms with Gasteiger partial charge in [0.2, 0.25) is 0 Å². The maximum Gasteiger partial charge on any atom is 0.182 e. The van der Waals surface area contributed by atoms with Gasteiger partial charge in [0.25, 0.3) is 0 Å². The van der Waals surface area contributed by atoms with Gasteiger partial charge >= 0.3 is 0 Å². The van der Waals surface area contributed by atoms with Gasteiger partial charge in [0.05, 0.1) is 18.6 Å². The van der Waals surface area contributed by atoms with Crippen molar-refractivity contribution in [3.05, 3.63) is 42.2 Å². The lowest BCUT2D eigenvalue weighted by Crippen LogP contribution is -2.04. The van der Waals surface area contributed by atoms with Crippen LogP contribution in [0.25, 0.3) is 11.2 Å². The summed E-state index contributed by atoms with van der Waals surface area (Å²) in [5.74, 6) is 0.737. The number of hydrogen-bond donors (Lipinski definition) is 2. The number of hydrogen-bond acceptors (Lipinski definition) is 5. The maximum atomic E-state index is 4.42. The Morgan fingerprint density at radius 1 is 1.22 bits per heavy atom. The van der Waals surface area contributed by atoms with Crippen molar-refractivity contribution in [1.29, 1.82) is 0 Å². The van der Waals surface area contributed by atoms with Crippen LogP contribution >= 0.6 is 0 Å². The summed E-state index contributed by atoms with van der Waals surface area (Å²) in [7, 11) is 0. The van der Waals surface area contributed by atoms with Crippen molar-refractivity contribution in [2.45, 2.75) is 13.5 Å². The number of rotatable bonds is 3. The van der Waals surface area contributed by atoms with Crippen LogP contribution in [0, 0.1) is 6.92 Å². The first-order valence-electron chi connectivity index (χ1n) is 5.63. The maximum absolute atomic E-state index is 4.42. The van der Waals surface area contributed by atoms with E-state index in [0.717, 1.165) is 22.7 Å². The largest absolute Gasteiger partial charge is 0.363 e. The van der Waals surface area contributed by atoms with Gasteiger partial charge in [-0.1, -0.05) is 6.07 Å². The Bertz CT molecular complexity index is 675. The summed E-state index contributed by atoms with van der Waals surface area (Å²) in [6.45, 7) is 2.59. The number of fused-ring (bicyclic) bond motifs is 1. The van der Waals surface area contributed by atoms with Crippen LogP contribution in [0.3, 0.4) is 0 Å². The number of H-pyrrole nitrogens is 1. The van der Waals surface area contributed by atoms with Crippen LogP contribution in [0.1, 0.15) is 11.4 Å². The van der Waals surface area contributed by atoms with Crippen LogP contribution in [-0.4, -0.2) is 24.9 Å². The van der Waals surface area contributed by atoms with E-state index in [-0.39, 0.29) is 0 Å². The molecule has 0 aliphatic rings. The first kappa shape index (κ1) is 10.6. The molecule has 0 radical (unpaired) electrons. The third-order valence-corrected chi connectivity index (χ3v) is 2.61. The lowest BCUT2D eigenvalue weighted by atomic mass is 10.3. The summed E-state index contributed by atoms with van der Waals surface area (Å²) < 4.78 is 0. The van der Waals surface area contributed by atoms with E-state index in [1.165, 1.54) is 6.33 Å². The fourth-order valence-corrected chi connectivity index (χ4v) is 1.77. The average molecular weight is 240 g/mol. The fraction of sp³-hybridized carbons (Fsp3) is 0.167. The minimum absolute atomic E-state index is 0.618. The second kappa shape index (κ2) is 4.40. The molecule has 0 spiro atoms. The molecule has 0 unspecified atom stereocenters. The lowest BCUT2D eigenvalue weighted by molar-refractivity contribution is 1.00. The van der Waals surface area contributed by atoms with Crippen molar-refractivity contribution in [2.75, 3.05) is 5.32 Å². The van der Waals surface area contributed by atoms with Crippen LogP contribution in [0.4, 0.5) is 5.82 Å². The Labute approximate surface area is 104 Å². The molecule has 18 heavy (non-hydrogen) atoms. The van der Waals surface area contributed by atoms with Gasteiger partial charge in [0.1, 0.15) is 11.8 Å². The van der Waals surface area contributed by atoms with Gasteiger partial charge in [-0.25, -0.2) is 15.0 Å². The van der Waals surface area contributed by atoms with E-state index >= 15 is 0 Å². The molecular weight excluding hydrogens is 228 g/mol. The molecule has 3 rings (SSSR count). The first-order chi connectivity index (χ1) is 8.83. The molecule has 0 aliphatic heterocycles. The quantitative estimate of drug-likeness (QED) is 0.728. The highest BCUT2D eigenvalue weighted by atomic mass is 15.1. The molecule has 90 valence electrons. The summed E-state index contributed by atoms with van der Waals surface area (Å²) >= 11 is 0. The highest BCUT2D eigenvalue weighted by Gasteiger charge is 2.05. The molecule has 0 aromatic carbocycles. The Hall–Kier alpha value is -2.50. The number of aromatic amines is 1. The van der Waals surface area contributed by atoms with Gasteiger partial charge < -0.3 is 10.3 Å². The van der Waals surface area contributed by atoms with Crippen molar-refractivity contribution in [3.63, 3.8) is 0 Å². The van der Waals surface area contributed by atoms with Gasteiger partial charge in [-0.15, -0.1) is 0 Å². The zero-order chi connectivity index (χ0) is 12.4. The summed E-state index contributed by atoms with van der Waals surface area (Å²) in [5.41, 5.74) is 3.44. The number of aryl methyl sites for hydroxylation is 1. The third kappa shape index (κ3) is 2.00. The smallest absolute Gasteiger partial charge is 0.182 e. The number of nitrogens with zero attached hydrogens (tertiary/aromatic N) is 4. The molecule has 6 nitrogen and oxygen atoms in total. The molecule has 2 N–H and O–H groups in total. The average Bonchev–Trinajstić information content (AvgIpc) is 2.85. The minimum Gasteiger partial charge on any atom is -0.363 e. The van der Waals surface area contributed by atoms with E-state index in [1.807, 2.05) is 25.1 Å². The number of anilines is 1. The van der Waals surface area contributed by atoms with Crippen molar-refractivity contribution in [2.24, 2.45) is 0 Å². The van der Waals surface area contributed by atoms with Crippen LogP contribution in [0.2, 0.25) is 0 Å². The number of imidazole rings is 1. The predicted molar refractivity (Wildman–Crippen MR) is 68.0 cm³/mol. The first-order valence-corrected chi connectivity index (χ1v) is 5.63. The van der Waals surface area contributed by atoms with E-state index in [9.17, 15) is 0 Å². The Kier molecular flexibility index (Phi) is 2.60. The summed E-state index contributed by atoms with van der Waals surface area (Å²) in [6.07, 6.45) is 3.10. The fourth-order valence-electron chi connectivity index (χ4n) is 1.77. The topological polar surface area (TPSA) is 79.4 Å². The van der Waals surface area contributed by atoms with Gasteiger partial charge in [-0.3, -0.25) is 4.98 Å². The van der Waals surface area contributed by atoms with Crippen LogP contribution < -0.4 is 5.32 Å². The molecule has 6 heteroatoms. The number of nitrogens with one attached hydrogen (secondary N) is 2. The zero-order valence-electron chi connectivity index (χ0n) is 9.88. The van der Waals surface area contributed by atoms with E-state index in [1.54, 1.807) is 6.33 Å². The lowest BCUT2D eigenvalue weighted by Gasteiger charge is -2.05. The normalized spacial score (nSPS) is 10.7. The Morgan fingerprint density at radius 3 is 3.06 bits per heavy atom. The summed E-state index contributed by atoms with van der Waals surface area (Å²) in [6, 6.07) is 5.94. The molecule has 0 fully saturated rings. The van der Waals surface area contributed by atoms with E-state index < -0.39 is 0 Å². The van der Waals surface area contributed by atoms with Crippen molar-refractivity contribution in [3.8, 4) is 0 Å². The molecule has 0 bridgehead atoms. The van der Waals surface area contributed by atoms with Gasteiger partial charge in [-0.05, 0) is 19.1 Å². The van der Waals surface area contributed by atoms with E-state index in [2.05, 4.69) is 30.2 Å². The van der Waals surface area contributed by atoms with Gasteiger partial charge in [0, 0.05) is 5.69 Å². The molecule has 3 heterocycles. The molecule has 3 aromatic heterocycles. The molecule has 0 atom stereocenters. The predicted octanol–water partition coefficient (Wildman–Crippen LogP) is 1.67. The Balaban J connectivity index is 1.83. The van der Waals surface area contributed by atoms with E-state index in [0.29, 0.717) is 12.2 Å². The van der Waals surface area contributed by atoms with Crippen LogP contribution in [-0.2, 0) is 6.54 Å². The van der Waals surface area contributed by atoms with Gasteiger partial charge in [0.15, 0.2) is 11.5 Å². The van der Waals surface area contributed by atoms with Crippen LogP contribution in [0.15, 0.2) is 30.9 Å². The third-order valence-electron chi connectivity index (χ3n) is 2.61. The van der Waals surface area contributed by atoms with E-state index in [4.69, 9.17) is 0 Å². The van der Waals surface area contributed by atoms with Crippen molar-refractivity contribution in [1.82, 2.24) is 24.9 Å². The van der Waals surface area contributed by atoms with Crippen molar-refractivity contribution >= 4 is 17.0 Å². The highest BCUT2D eigenvalue weighted by molar-refractivity contribution is 5.81. The molecule has 3 aromatic rings. The Morgan fingerprint density at radius 2 is 2.17 bits per heavy atom. The minimum atomic E-state index is 0.618. The van der Waals surface area contributed by atoms with Crippen molar-refractivity contribution < 1.29 is 0 Å². The SMILES string of the molecule is Cc1cccc(CNc2ncnc3nc[nH]c23)n1. The second-order valence-corrected chi connectivity index (χ2v) is 3.95. The molecule has 0 aliphatic carbocycles. The molecule has 0 amide bonds. The second-order valence-electron chi connectivity index (χ2n) is 3.95. The molecular formula is C12H12N6. The summed E-state index contributed by atoms with van der Waals surface area (Å²) in [5, 5.41) is 3.23. The monoisotopic (exact) mass is 240 g/mol. The number of aromatic nitrogens is 5. The zero-order valence-corrected chi connectivity index (χ0v) is 9.88. The van der Waals surface area contributed by atoms with Gasteiger partial charge in [-0.2, -0.15) is 0 Å². The number of pyridine rings is 1. The van der Waals surface area contributed by atoms with Crippen LogP contribution in [0.5, 0.6) is 0 Å². The summed E-state index contributed by atoms with van der Waals surface area (Å²) in [4.78, 5) is 19.8.